The average Bonchev–Trinajstić information content (AvgIpc) is 1.87. The van der Waals surface area contributed by atoms with Gasteiger partial charge >= 0.3 is 5.97 Å². The van der Waals surface area contributed by atoms with Gasteiger partial charge in [-0.25, -0.2) is 4.79 Å². The van der Waals surface area contributed by atoms with Gasteiger partial charge in [-0.3, -0.25) is 4.79 Å². The summed E-state index contributed by atoms with van der Waals surface area (Å²) >= 11 is 0. The van der Waals surface area contributed by atoms with Crippen molar-refractivity contribution in [1.29, 1.82) is 0 Å². The van der Waals surface area contributed by atoms with Crippen molar-refractivity contribution in [3.05, 3.63) is 12.2 Å². The Morgan fingerprint density at radius 2 is 2.33 bits per heavy atom. The molecule has 0 aliphatic heterocycles. The van der Waals surface area contributed by atoms with Crippen LogP contribution in [0.2, 0.25) is 0 Å². The quantitative estimate of drug-likeness (QED) is 0.235. The molecule has 9 heavy (non-hydrogen) atoms. The van der Waals surface area contributed by atoms with E-state index in [1.807, 2.05) is 0 Å². The Morgan fingerprint density at radius 3 is 2.67 bits per heavy atom. The van der Waals surface area contributed by atoms with Crippen LogP contribution in [-0.4, -0.2) is 18.9 Å². The van der Waals surface area contributed by atoms with Crippen molar-refractivity contribution in [3.8, 4) is 0 Å². The van der Waals surface area contributed by atoms with Crippen LogP contribution in [-0.2, 0) is 14.3 Å². The first-order valence-corrected chi connectivity index (χ1v) is 2.46. The van der Waals surface area contributed by atoms with Gasteiger partial charge in [0.15, 0.2) is 0 Å². The summed E-state index contributed by atoms with van der Waals surface area (Å²) in [6, 6.07) is 0. The Kier molecular flexibility index (Phi) is 3.35. The van der Waals surface area contributed by atoms with Crippen LogP contribution in [0.25, 0.3) is 0 Å². The highest BCUT2D eigenvalue weighted by Crippen LogP contribution is 1.87. The van der Waals surface area contributed by atoms with Crippen LogP contribution in [0, 0.1) is 0 Å². The van der Waals surface area contributed by atoms with Gasteiger partial charge in [-0.05, 0) is 6.92 Å². The van der Waals surface area contributed by atoms with Crippen LogP contribution in [0.15, 0.2) is 12.2 Å². The summed E-state index contributed by atoms with van der Waals surface area (Å²) in [6.45, 7) is 4.99. The Balaban J connectivity index is 3.73. The Morgan fingerprint density at radius 1 is 1.78 bits per heavy atom. The van der Waals surface area contributed by atoms with Crippen molar-refractivity contribution in [2.24, 2.45) is 0 Å². The van der Waals surface area contributed by atoms with Crippen LogP contribution in [0.5, 0.6) is 0 Å². The minimum Gasteiger partial charge on any atom is -0.462 e. The van der Waals surface area contributed by atoms with Gasteiger partial charge in [0, 0.05) is 0 Å². The fourth-order valence-electron chi connectivity index (χ4n) is 0.260. The number of hydrogen-bond acceptors (Lipinski definition) is 3. The van der Waals surface area contributed by atoms with Gasteiger partial charge in [-0.1, -0.05) is 6.58 Å². The van der Waals surface area contributed by atoms with Crippen LogP contribution in [0.1, 0.15) is 6.92 Å². The first kappa shape index (κ1) is 7.88. The molecule has 0 saturated carbocycles. The molecule has 0 aromatic carbocycles. The van der Waals surface area contributed by atoms with Gasteiger partial charge in [0.05, 0.1) is 6.61 Å². The first-order valence-electron chi connectivity index (χ1n) is 2.46. The van der Waals surface area contributed by atoms with E-state index in [1.165, 1.54) is 6.29 Å². The second-order valence-electron chi connectivity index (χ2n) is 1.30. The Hall–Kier alpha value is -1.12. The zero-order valence-corrected chi connectivity index (χ0v) is 5.14. The summed E-state index contributed by atoms with van der Waals surface area (Å²) < 4.78 is 4.39. The average molecular weight is 127 g/mol. The number of esters is 1. The van der Waals surface area contributed by atoms with Crippen LogP contribution in [0.3, 0.4) is 0 Å². The summed E-state index contributed by atoms with van der Waals surface area (Å²) in [5.74, 6) is -0.701. The molecule has 0 unspecified atom stereocenters. The summed E-state index contributed by atoms with van der Waals surface area (Å²) in [7, 11) is 0. The second-order valence-corrected chi connectivity index (χ2v) is 1.30. The Labute approximate surface area is 53.3 Å². The van der Waals surface area contributed by atoms with E-state index in [1.54, 1.807) is 6.92 Å². The van der Waals surface area contributed by atoms with E-state index in [9.17, 15) is 9.59 Å². The molecular formula is C6H7O3. The van der Waals surface area contributed by atoms with Gasteiger partial charge in [0.1, 0.15) is 5.57 Å². The third kappa shape index (κ3) is 2.64. The van der Waals surface area contributed by atoms with Gasteiger partial charge in [0.25, 0.3) is 0 Å². The minimum atomic E-state index is -0.701. The topological polar surface area (TPSA) is 43.4 Å². The SMILES string of the molecule is C=C([C]=O)C(=O)OCC. The summed E-state index contributed by atoms with van der Waals surface area (Å²) in [5, 5.41) is 0. The molecule has 0 atom stereocenters. The van der Waals surface area contributed by atoms with Crippen molar-refractivity contribution in [2.45, 2.75) is 6.92 Å². The fraction of sp³-hybridized carbons (Fsp3) is 0.333. The van der Waals surface area contributed by atoms with E-state index in [4.69, 9.17) is 0 Å². The molecule has 0 aromatic rings. The molecular weight excluding hydrogens is 120 g/mol. The Bertz CT molecular complexity index is 137. The molecule has 0 saturated heterocycles. The molecule has 0 bridgehead atoms. The van der Waals surface area contributed by atoms with E-state index in [0.717, 1.165) is 0 Å². The summed E-state index contributed by atoms with van der Waals surface area (Å²) in [4.78, 5) is 20.1. The number of carbonyl (C=O) groups is 1. The van der Waals surface area contributed by atoms with Gasteiger partial charge < -0.3 is 4.74 Å². The summed E-state index contributed by atoms with van der Waals surface area (Å²) in [6.07, 6.45) is 1.33. The molecule has 0 aliphatic rings. The third-order valence-corrected chi connectivity index (χ3v) is 0.645. The van der Waals surface area contributed by atoms with Crippen LogP contribution < -0.4 is 0 Å². The molecule has 0 aromatic heterocycles. The maximum atomic E-state index is 10.4. The highest BCUT2D eigenvalue weighted by molar-refractivity contribution is 6.07. The number of rotatable bonds is 3. The normalized spacial score (nSPS) is 8.11. The number of hydrogen-bond donors (Lipinski definition) is 0. The summed E-state index contributed by atoms with van der Waals surface area (Å²) in [5.41, 5.74) is -0.267. The van der Waals surface area contributed by atoms with Crippen LogP contribution >= 0.6 is 0 Å². The van der Waals surface area contributed by atoms with E-state index < -0.39 is 5.97 Å². The highest BCUT2D eigenvalue weighted by Gasteiger charge is 2.05. The lowest BCUT2D eigenvalue weighted by Crippen LogP contribution is -2.06. The minimum absolute atomic E-state index is 0.250. The molecule has 0 aliphatic carbocycles. The lowest BCUT2D eigenvalue weighted by atomic mass is 10.3. The molecule has 3 nitrogen and oxygen atoms in total. The van der Waals surface area contributed by atoms with Crippen LogP contribution in [0.4, 0.5) is 0 Å². The van der Waals surface area contributed by atoms with E-state index >= 15 is 0 Å². The van der Waals surface area contributed by atoms with Crippen molar-refractivity contribution in [3.63, 3.8) is 0 Å². The van der Waals surface area contributed by atoms with Crippen molar-refractivity contribution < 1.29 is 14.3 Å². The number of carbonyl (C=O) groups excluding carboxylic acids is 2. The largest absolute Gasteiger partial charge is 0.462 e. The maximum absolute atomic E-state index is 10.4. The molecule has 49 valence electrons. The smallest absolute Gasteiger partial charge is 0.341 e. The van der Waals surface area contributed by atoms with Gasteiger partial charge in [-0.2, -0.15) is 0 Å². The lowest BCUT2D eigenvalue weighted by molar-refractivity contribution is -0.137. The molecule has 1 radical (unpaired) electrons. The molecule has 3 heteroatoms. The fourth-order valence-corrected chi connectivity index (χ4v) is 0.260. The third-order valence-electron chi connectivity index (χ3n) is 0.645. The molecule has 0 amide bonds. The monoisotopic (exact) mass is 127 g/mol. The van der Waals surface area contributed by atoms with Crippen molar-refractivity contribution >= 4 is 12.3 Å². The molecule has 0 rings (SSSR count). The predicted molar refractivity (Wildman–Crippen MR) is 31.5 cm³/mol. The standard InChI is InChI=1S/C6H7O3/c1-3-9-6(8)5(2)4-7/h2-3H2,1H3. The molecule has 0 heterocycles. The lowest BCUT2D eigenvalue weighted by Gasteiger charge is -1.95. The highest BCUT2D eigenvalue weighted by atomic mass is 16.5. The zero-order chi connectivity index (χ0) is 7.28. The van der Waals surface area contributed by atoms with Gasteiger partial charge in [-0.15, -0.1) is 0 Å². The van der Waals surface area contributed by atoms with Gasteiger partial charge in [0.2, 0.25) is 6.29 Å². The maximum Gasteiger partial charge on any atom is 0.341 e. The zero-order valence-electron chi connectivity index (χ0n) is 5.14. The predicted octanol–water partition coefficient (Wildman–Crippen LogP) is 0.215. The van der Waals surface area contributed by atoms with E-state index in [2.05, 4.69) is 11.3 Å². The number of ether oxygens (including phenoxy) is 1. The van der Waals surface area contributed by atoms with Crippen molar-refractivity contribution in [1.82, 2.24) is 0 Å². The van der Waals surface area contributed by atoms with E-state index in [-0.39, 0.29) is 12.2 Å². The molecule has 0 fully saturated rings. The molecule has 0 N–H and O–H groups in total. The molecule has 0 spiro atoms. The van der Waals surface area contributed by atoms with E-state index in [0.29, 0.717) is 0 Å². The van der Waals surface area contributed by atoms with Crippen molar-refractivity contribution in [2.75, 3.05) is 6.61 Å². The first-order chi connectivity index (χ1) is 4.22. The second kappa shape index (κ2) is 3.83.